The van der Waals surface area contributed by atoms with E-state index in [9.17, 15) is 18.9 Å². The molecule has 2 aliphatic rings. The molecule has 164 valence electrons. The smallest absolute Gasteiger partial charge is 0.403 e. The van der Waals surface area contributed by atoms with Gasteiger partial charge in [0.15, 0.2) is 19.3 Å². The van der Waals surface area contributed by atoms with Gasteiger partial charge in [0, 0.05) is 5.56 Å². The van der Waals surface area contributed by atoms with Crippen LogP contribution < -0.4 is 10.2 Å². The van der Waals surface area contributed by atoms with Crippen molar-refractivity contribution >= 4 is 27.9 Å². The molecule has 3 heterocycles. The van der Waals surface area contributed by atoms with E-state index < -0.39 is 37.3 Å². The van der Waals surface area contributed by atoms with Crippen molar-refractivity contribution in [1.82, 2.24) is 9.55 Å². The van der Waals surface area contributed by atoms with Gasteiger partial charge in [-0.15, -0.1) is 0 Å². The van der Waals surface area contributed by atoms with Gasteiger partial charge < -0.3 is 14.4 Å². The molecular weight excluding hydrogens is 449 g/mol. The zero-order valence-electron chi connectivity index (χ0n) is 16.7. The summed E-state index contributed by atoms with van der Waals surface area (Å²) in [6, 6.07) is 3.67. The van der Waals surface area contributed by atoms with E-state index in [-0.39, 0.29) is 24.1 Å². The van der Waals surface area contributed by atoms with Crippen molar-refractivity contribution in [1.29, 1.82) is 0 Å². The maximum Gasteiger partial charge on any atom is 0.532 e. The number of H-pyrrole nitrogens is 1. The zero-order valence-corrected chi connectivity index (χ0v) is 18.4. The molecule has 1 aromatic heterocycles. The molecule has 0 saturated carbocycles. The number of nitrogens with one attached hydrogen (secondary N) is 1. The molecule has 2 aromatic rings. The summed E-state index contributed by atoms with van der Waals surface area (Å²) in [4.78, 5) is 14.2. The number of aromatic nitrogens is 2. The van der Waals surface area contributed by atoms with Gasteiger partial charge in [0.1, 0.15) is 22.7 Å². The summed E-state index contributed by atoms with van der Waals surface area (Å²) in [6.07, 6.45) is -0.922. The van der Waals surface area contributed by atoms with E-state index in [1.165, 1.54) is 0 Å². The van der Waals surface area contributed by atoms with Gasteiger partial charge in [-0.25, -0.2) is 13.8 Å². The lowest BCUT2D eigenvalue weighted by atomic mass is 9.88. The van der Waals surface area contributed by atoms with E-state index in [2.05, 4.69) is 17.2 Å². The molecule has 2 radical (unpaired) electrons. The third-order valence-corrected chi connectivity index (χ3v) is 6.69. The number of benzene rings is 1. The molecule has 4 rings (SSSR count). The topological polar surface area (TPSA) is 112 Å². The fourth-order valence-electron chi connectivity index (χ4n) is 3.65. The highest BCUT2D eigenvalue weighted by Crippen LogP contribution is 2.58. The van der Waals surface area contributed by atoms with Crippen LogP contribution in [0.15, 0.2) is 23.1 Å². The van der Waals surface area contributed by atoms with Gasteiger partial charge in [0.05, 0.1) is 12.8 Å². The Morgan fingerprint density at radius 3 is 2.90 bits per heavy atom. The Morgan fingerprint density at radius 1 is 1.42 bits per heavy atom. The summed E-state index contributed by atoms with van der Waals surface area (Å²) in [5, 5.41) is 10.6. The van der Waals surface area contributed by atoms with E-state index >= 15 is 0 Å². The molecule has 31 heavy (non-hydrogen) atoms. The summed E-state index contributed by atoms with van der Waals surface area (Å²) < 4.78 is 48.9. The highest BCUT2D eigenvalue weighted by atomic mass is 32.1. The molecule has 2 aliphatic heterocycles. The minimum absolute atomic E-state index is 0.0582. The summed E-state index contributed by atoms with van der Waals surface area (Å²) in [7, 11) is 1.56. The van der Waals surface area contributed by atoms with Gasteiger partial charge in [-0.1, -0.05) is 29.9 Å². The molecule has 4 atom stereocenters. The number of ether oxygens (including phenoxy) is 1. The molecule has 0 amide bonds. The first kappa shape index (κ1) is 22.4. The van der Waals surface area contributed by atoms with Gasteiger partial charge in [0.2, 0.25) is 0 Å². The summed E-state index contributed by atoms with van der Waals surface area (Å²) in [6.45, 7) is 3.63. The second-order valence-electron chi connectivity index (χ2n) is 7.53. The van der Waals surface area contributed by atoms with Gasteiger partial charge >= 0.3 is 13.5 Å². The lowest BCUT2D eigenvalue weighted by molar-refractivity contribution is -0.177. The largest absolute Gasteiger partial charge is 0.532 e. The maximum atomic E-state index is 13.8. The van der Waals surface area contributed by atoms with Gasteiger partial charge in [-0.3, -0.25) is 18.6 Å². The predicted octanol–water partition coefficient (Wildman–Crippen LogP) is 2.89. The first-order valence-corrected chi connectivity index (χ1v) is 11.3. The average Bonchev–Trinajstić information content (AvgIpc) is 3.16. The number of hydrogen-bond acceptors (Lipinski definition) is 8. The van der Waals surface area contributed by atoms with Crippen molar-refractivity contribution in [3.8, 4) is 5.75 Å². The van der Waals surface area contributed by atoms with E-state index in [1.54, 1.807) is 6.92 Å². The van der Waals surface area contributed by atoms with Crippen molar-refractivity contribution in [2.45, 2.75) is 51.3 Å². The second-order valence-corrected chi connectivity index (χ2v) is 9.45. The molecule has 13 heteroatoms. The number of phosphoric ester groups is 1. The first-order valence-electron chi connectivity index (χ1n) is 9.40. The van der Waals surface area contributed by atoms with Crippen LogP contribution in [0.2, 0.25) is 0 Å². The van der Waals surface area contributed by atoms with Crippen molar-refractivity contribution in [2.24, 2.45) is 0 Å². The van der Waals surface area contributed by atoms with Crippen LogP contribution in [0.4, 0.5) is 4.39 Å². The summed E-state index contributed by atoms with van der Waals surface area (Å²) in [5.41, 5.74) is -0.858. The van der Waals surface area contributed by atoms with Gasteiger partial charge in [-0.05, 0) is 32.3 Å². The number of nitrogens with zero attached hydrogens (tertiary/aromatic N) is 1. The third-order valence-electron chi connectivity index (χ3n) is 5.03. The Balaban J connectivity index is 1.51. The molecule has 0 aliphatic carbocycles. The number of aliphatic hydroxyl groups is 1. The van der Waals surface area contributed by atoms with Crippen LogP contribution in [-0.2, 0) is 25.0 Å². The zero-order chi connectivity index (χ0) is 22.6. The summed E-state index contributed by atoms with van der Waals surface area (Å²) >= 11 is 4.68. The number of aryl methyl sites for hydroxylation is 2. The van der Waals surface area contributed by atoms with Crippen LogP contribution in [0.3, 0.4) is 0 Å². The quantitative estimate of drug-likeness (QED) is 0.305. The molecule has 1 fully saturated rings. The molecule has 1 aromatic carbocycles. The molecule has 1 saturated heterocycles. The lowest BCUT2D eigenvalue weighted by Gasteiger charge is -2.35. The number of fused-ring (bicyclic) bond motifs is 1. The summed E-state index contributed by atoms with van der Waals surface area (Å²) in [5.74, 6) is -0.471. The van der Waals surface area contributed by atoms with Crippen LogP contribution >= 0.6 is 20.0 Å². The van der Waals surface area contributed by atoms with Crippen molar-refractivity contribution in [3.63, 3.8) is 0 Å². The van der Waals surface area contributed by atoms with Crippen LogP contribution in [0.25, 0.3) is 0 Å². The molecule has 2 N–H and O–H groups in total. The van der Waals surface area contributed by atoms with Crippen molar-refractivity contribution < 1.29 is 32.4 Å². The number of aromatic amines is 1. The number of rotatable bonds is 4. The SMILES string of the molecule is [B]C(O)(OP1(=O)OCc2cc(C)cc(C)c2O1)C1CCC(n2cc(F)c(=S)[nH]c2=O)O1. The van der Waals surface area contributed by atoms with E-state index in [1.807, 2.05) is 19.1 Å². The van der Waals surface area contributed by atoms with Gasteiger partial charge in [0.25, 0.3) is 0 Å². The lowest BCUT2D eigenvalue weighted by Crippen LogP contribution is -2.45. The standard InChI is InChI=1S/C18H19BFN2O7PS/c1-9-5-10(2)15-11(6-9)8-26-30(25,28-15)29-18(19,24)13-3-4-14(27-13)22-7-12(20)16(31)21-17(22)23/h5-7,13-14,24H,3-4,8H2,1-2H3,(H,21,23,31). The fraction of sp³-hybridized carbons (Fsp3) is 0.444. The number of phosphoric acid groups is 1. The predicted molar refractivity (Wildman–Crippen MR) is 110 cm³/mol. The monoisotopic (exact) mass is 468 g/mol. The van der Waals surface area contributed by atoms with Crippen LogP contribution in [0.1, 0.15) is 35.8 Å². The van der Waals surface area contributed by atoms with E-state index in [0.29, 0.717) is 11.3 Å². The van der Waals surface area contributed by atoms with Crippen molar-refractivity contribution in [2.75, 3.05) is 0 Å². The first-order chi connectivity index (χ1) is 14.5. The normalized spacial score (nSPS) is 27.4. The van der Waals surface area contributed by atoms with Crippen molar-refractivity contribution in [3.05, 3.63) is 56.0 Å². The van der Waals surface area contributed by atoms with Crippen LogP contribution in [-0.4, -0.2) is 34.3 Å². The minimum Gasteiger partial charge on any atom is -0.403 e. The Kier molecular flexibility index (Phi) is 5.74. The average molecular weight is 468 g/mol. The van der Waals surface area contributed by atoms with Crippen LogP contribution in [0, 0.1) is 24.3 Å². The Labute approximate surface area is 183 Å². The van der Waals surface area contributed by atoms with E-state index in [4.69, 9.17) is 26.2 Å². The Morgan fingerprint density at radius 2 is 2.16 bits per heavy atom. The number of halogens is 1. The number of hydrogen-bond donors (Lipinski definition) is 2. The molecule has 9 nitrogen and oxygen atoms in total. The van der Waals surface area contributed by atoms with Crippen LogP contribution in [0.5, 0.6) is 5.75 Å². The van der Waals surface area contributed by atoms with E-state index in [0.717, 1.165) is 21.9 Å². The fourth-order valence-corrected chi connectivity index (χ4v) is 5.19. The highest BCUT2D eigenvalue weighted by Gasteiger charge is 2.48. The second kappa shape index (κ2) is 7.95. The minimum atomic E-state index is -4.28. The molecule has 4 unspecified atom stereocenters. The Hall–Kier alpha value is -1.82. The highest BCUT2D eigenvalue weighted by molar-refractivity contribution is 7.71. The molecule has 0 bridgehead atoms. The third kappa shape index (κ3) is 4.41. The van der Waals surface area contributed by atoms with Gasteiger partial charge in [-0.2, -0.15) is 0 Å². The molecule has 0 spiro atoms. The Bertz CT molecular complexity index is 1200. The maximum absolute atomic E-state index is 13.8. The molecular formula is C18H19BFN2O7PS.